The molecule has 1 aliphatic heterocycles. The van der Waals surface area contributed by atoms with E-state index in [4.69, 9.17) is 0 Å². The van der Waals surface area contributed by atoms with Gasteiger partial charge in [0.15, 0.2) is 0 Å². The Hall–Kier alpha value is -1.53. The van der Waals surface area contributed by atoms with Crippen molar-refractivity contribution < 1.29 is 9.59 Å². The van der Waals surface area contributed by atoms with Crippen LogP contribution in [-0.2, 0) is 9.59 Å². The van der Waals surface area contributed by atoms with E-state index < -0.39 is 0 Å². The molecule has 0 aromatic heterocycles. The van der Waals surface area contributed by atoms with Crippen molar-refractivity contribution in [2.75, 3.05) is 37.8 Å². The number of amides is 2. The summed E-state index contributed by atoms with van der Waals surface area (Å²) in [5.41, 5.74) is 0.883. The van der Waals surface area contributed by atoms with Gasteiger partial charge >= 0.3 is 0 Å². The van der Waals surface area contributed by atoms with E-state index in [9.17, 15) is 9.59 Å². The van der Waals surface area contributed by atoms with Crippen LogP contribution in [0.5, 0.6) is 0 Å². The number of para-hydroxylation sites is 1. The third-order valence-corrected chi connectivity index (χ3v) is 5.87. The van der Waals surface area contributed by atoms with Gasteiger partial charge in [-0.25, -0.2) is 0 Å². The number of hydrogen-bond acceptors (Lipinski definition) is 4. The first-order valence-electron chi connectivity index (χ1n) is 10.1. The minimum atomic E-state index is 0.0484. The molecule has 150 valence electrons. The Labute approximate surface area is 167 Å². The summed E-state index contributed by atoms with van der Waals surface area (Å²) in [6.07, 6.45) is 7.67. The summed E-state index contributed by atoms with van der Waals surface area (Å²) in [6, 6.07) is 7.87. The first kappa shape index (κ1) is 21.8. The molecule has 6 heteroatoms. The third kappa shape index (κ3) is 7.54. The highest BCUT2D eigenvalue weighted by molar-refractivity contribution is 7.98. The molecular weight excluding hydrogens is 358 g/mol. The van der Waals surface area contributed by atoms with E-state index in [1.54, 1.807) is 11.8 Å². The van der Waals surface area contributed by atoms with Gasteiger partial charge in [-0.3, -0.25) is 9.59 Å². The van der Waals surface area contributed by atoms with Crippen LogP contribution in [0.3, 0.4) is 0 Å². The summed E-state index contributed by atoms with van der Waals surface area (Å²) in [6.45, 7) is 5.49. The number of thioether (sulfide) groups is 1. The van der Waals surface area contributed by atoms with Crippen LogP contribution >= 0.6 is 11.8 Å². The number of nitrogens with one attached hydrogen (secondary N) is 2. The molecule has 1 heterocycles. The van der Waals surface area contributed by atoms with Gasteiger partial charge in [0, 0.05) is 30.3 Å². The fourth-order valence-corrected chi connectivity index (χ4v) is 3.92. The molecule has 2 rings (SSSR count). The second-order valence-corrected chi connectivity index (χ2v) is 7.96. The van der Waals surface area contributed by atoms with Crippen LogP contribution in [0.25, 0.3) is 0 Å². The van der Waals surface area contributed by atoms with E-state index in [1.165, 1.54) is 12.8 Å². The lowest BCUT2D eigenvalue weighted by atomic mass is 9.95. The first-order valence-corrected chi connectivity index (χ1v) is 11.3. The van der Waals surface area contributed by atoms with E-state index in [-0.39, 0.29) is 17.7 Å². The summed E-state index contributed by atoms with van der Waals surface area (Å²) < 4.78 is 0. The molecule has 0 unspecified atom stereocenters. The van der Waals surface area contributed by atoms with Gasteiger partial charge in [0.25, 0.3) is 0 Å². The Morgan fingerprint density at radius 3 is 2.63 bits per heavy atom. The Morgan fingerprint density at radius 2 is 1.93 bits per heavy atom. The fourth-order valence-electron chi connectivity index (χ4n) is 3.37. The maximum atomic E-state index is 12.3. The Bertz CT molecular complexity index is 601. The molecule has 0 atom stereocenters. The number of likely N-dealkylation sites (tertiary alicyclic amines) is 1. The van der Waals surface area contributed by atoms with Gasteiger partial charge in [-0.2, -0.15) is 0 Å². The zero-order chi connectivity index (χ0) is 19.5. The van der Waals surface area contributed by atoms with Crippen molar-refractivity contribution >= 4 is 29.3 Å². The highest BCUT2D eigenvalue weighted by Gasteiger charge is 2.24. The molecule has 2 amide bonds. The van der Waals surface area contributed by atoms with Crippen LogP contribution in [-0.4, -0.2) is 49.1 Å². The highest BCUT2D eigenvalue weighted by Crippen LogP contribution is 2.24. The normalized spacial score (nSPS) is 15.5. The van der Waals surface area contributed by atoms with Crippen molar-refractivity contribution in [1.29, 1.82) is 0 Å². The van der Waals surface area contributed by atoms with Crippen molar-refractivity contribution in [3.05, 3.63) is 24.3 Å². The van der Waals surface area contributed by atoms with Gasteiger partial charge < -0.3 is 15.5 Å². The van der Waals surface area contributed by atoms with Gasteiger partial charge in [-0.05, 0) is 50.7 Å². The Morgan fingerprint density at radius 1 is 1.19 bits per heavy atom. The standard InChI is InChI=1S/C21H33N3O2S/c1-3-4-7-13-22-21(26)17-10-14-24(15-11-17)16-12-20(25)23-18-8-5-6-9-19(18)27-2/h5-6,8-9,17H,3-4,7,10-16H2,1-2H3,(H,22,26)(H,23,25). The van der Waals surface area contributed by atoms with Gasteiger partial charge in [0.2, 0.25) is 11.8 Å². The minimum absolute atomic E-state index is 0.0484. The largest absolute Gasteiger partial charge is 0.356 e. The second-order valence-electron chi connectivity index (χ2n) is 7.11. The monoisotopic (exact) mass is 391 g/mol. The lowest BCUT2D eigenvalue weighted by molar-refractivity contribution is -0.126. The molecule has 2 N–H and O–H groups in total. The number of rotatable bonds is 10. The maximum absolute atomic E-state index is 12.3. The number of piperidine rings is 1. The van der Waals surface area contributed by atoms with Gasteiger partial charge in [0.1, 0.15) is 0 Å². The fraction of sp³-hybridized carbons (Fsp3) is 0.619. The van der Waals surface area contributed by atoms with Crippen molar-refractivity contribution in [2.45, 2.75) is 50.3 Å². The van der Waals surface area contributed by atoms with E-state index in [0.29, 0.717) is 6.42 Å². The molecule has 1 saturated heterocycles. The Balaban J connectivity index is 1.65. The van der Waals surface area contributed by atoms with Crippen molar-refractivity contribution in [3.8, 4) is 0 Å². The van der Waals surface area contributed by atoms with Crippen molar-refractivity contribution in [1.82, 2.24) is 10.2 Å². The molecule has 5 nitrogen and oxygen atoms in total. The summed E-state index contributed by atoms with van der Waals surface area (Å²) >= 11 is 1.63. The number of anilines is 1. The lowest BCUT2D eigenvalue weighted by Gasteiger charge is -2.31. The molecule has 1 aromatic carbocycles. The number of carbonyl (C=O) groups excluding carboxylic acids is 2. The van der Waals surface area contributed by atoms with Crippen molar-refractivity contribution in [2.24, 2.45) is 5.92 Å². The number of nitrogens with zero attached hydrogens (tertiary/aromatic N) is 1. The number of benzene rings is 1. The molecule has 0 radical (unpaired) electrons. The van der Waals surface area contributed by atoms with Crippen LogP contribution in [0, 0.1) is 5.92 Å². The van der Waals surface area contributed by atoms with Crippen LogP contribution in [0.4, 0.5) is 5.69 Å². The summed E-state index contributed by atoms with van der Waals surface area (Å²) in [5.74, 6) is 0.384. The summed E-state index contributed by atoms with van der Waals surface area (Å²) in [5, 5.41) is 6.08. The molecule has 0 aliphatic carbocycles. The van der Waals surface area contributed by atoms with Crippen LogP contribution < -0.4 is 10.6 Å². The molecule has 0 spiro atoms. The first-order chi connectivity index (χ1) is 13.1. The third-order valence-electron chi connectivity index (χ3n) is 5.07. The average Bonchev–Trinajstić information content (AvgIpc) is 2.70. The molecule has 1 aliphatic rings. The van der Waals surface area contributed by atoms with Gasteiger partial charge in [-0.15, -0.1) is 11.8 Å². The molecular formula is C21H33N3O2S. The van der Waals surface area contributed by atoms with E-state index in [2.05, 4.69) is 22.5 Å². The maximum Gasteiger partial charge on any atom is 0.225 e. The van der Waals surface area contributed by atoms with Gasteiger partial charge in [0.05, 0.1) is 5.69 Å². The second kappa shape index (κ2) is 12.0. The highest BCUT2D eigenvalue weighted by atomic mass is 32.2. The van der Waals surface area contributed by atoms with E-state index in [1.807, 2.05) is 30.5 Å². The van der Waals surface area contributed by atoms with E-state index >= 15 is 0 Å². The minimum Gasteiger partial charge on any atom is -0.356 e. The number of unbranched alkanes of at least 4 members (excludes halogenated alkanes) is 2. The topological polar surface area (TPSA) is 61.4 Å². The molecule has 0 bridgehead atoms. The quantitative estimate of drug-likeness (QED) is 0.471. The SMILES string of the molecule is CCCCCNC(=O)C1CCN(CCC(=O)Nc2ccccc2SC)CC1. The van der Waals surface area contributed by atoms with Crippen LogP contribution in [0.2, 0.25) is 0 Å². The summed E-state index contributed by atoms with van der Waals surface area (Å²) in [7, 11) is 0. The van der Waals surface area contributed by atoms with Crippen molar-refractivity contribution in [3.63, 3.8) is 0 Å². The molecule has 1 aromatic rings. The van der Waals surface area contributed by atoms with Crippen LogP contribution in [0.1, 0.15) is 45.4 Å². The lowest BCUT2D eigenvalue weighted by Crippen LogP contribution is -2.41. The van der Waals surface area contributed by atoms with Crippen LogP contribution in [0.15, 0.2) is 29.2 Å². The molecule has 0 saturated carbocycles. The molecule has 27 heavy (non-hydrogen) atoms. The number of hydrogen-bond donors (Lipinski definition) is 2. The summed E-state index contributed by atoms with van der Waals surface area (Å²) in [4.78, 5) is 27.8. The molecule has 1 fully saturated rings. The Kier molecular flexibility index (Phi) is 9.70. The predicted molar refractivity (Wildman–Crippen MR) is 113 cm³/mol. The van der Waals surface area contributed by atoms with Gasteiger partial charge in [-0.1, -0.05) is 31.9 Å². The zero-order valence-corrected chi connectivity index (χ0v) is 17.4. The predicted octanol–water partition coefficient (Wildman–Crippen LogP) is 3.76. The average molecular weight is 392 g/mol. The van der Waals surface area contributed by atoms with E-state index in [0.717, 1.165) is 56.0 Å². The zero-order valence-electron chi connectivity index (χ0n) is 16.6. The number of carbonyl (C=O) groups is 2. The smallest absolute Gasteiger partial charge is 0.225 e.